The van der Waals surface area contributed by atoms with Crippen LogP contribution in [0.3, 0.4) is 0 Å². The van der Waals surface area contributed by atoms with E-state index in [2.05, 4.69) is 13.3 Å². The summed E-state index contributed by atoms with van der Waals surface area (Å²) >= 11 is 9.98. The van der Waals surface area contributed by atoms with Crippen LogP contribution in [-0.2, 0) is 0 Å². The van der Waals surface area contributed by atoms with E-state index in [0.717, 1.165) is 11.3 Å². The molecular formula is C10H22P2S2+2. The Balaban J connectivity index is 2.15. The van der Waals surface area contributed by atoms with Gasteiger partial charge in [0.1, 0.15) is 11.3 Å². The molecule has 2 fully saturated rings. The van der Waals surface area contributed by atoms with Crippen molar-refractivity contribution in [2.24, 2.45) is 0 Å². The van der Waals surface area contributed by atoms with Gasteiger partial charge >= 0.3 is 0 Å². The molecule has 82 valence electrons. The molecule has 2 heterocycles. The smallest absolute Gasteiger partial charge is 0.0144 e. The summed E-state index contributed by atoms with van der Waals surface area (Å²) in [4.78, 5) is 0. The van der Waals surface area contributed by atoms with Crippen LogP contribution in [0.1, 0.15) is 25.7 Å². The highest BCUT2D eigenvalue weighted by molar-refractivity contribution is 8.55. The van der Waals surface area contributed by atoms with Crippen LogP contribution in [0, 0.1) is 0 Å². The minimum Gasteiger partial charge on any atom is -0.0144 e. The molecule has 0 spiro atoms. The van der Waals surface area contributed by atoms with Gasteiger partial charge in [-0.3, -0.25) is 0 Å². The van der Waals surface area contributed by atoms with Gasteiger partial charge in [-0.15, -0.1) is 0 Å². The molecule has 0 N–H and O–H groups in total. The van der Waals surface area contributed by atoms with Gasteiger partial charge in [-0.2, -0.15) is 0 Å². The Hall–Kier alpha value is 1.56. The normalized spacial score (nSPS) is 54.0. The summed E-state index contributed by atoms with van der Waals surface area (Å²) < 4.78 is 0. The predicted octanol–water partition coefficient (Wildman–Crippen LogP) is 4.30. The van der Waals surface area contributed by atoms with Gasteiger partial charge in [0.15, 0.2) is 0 Å². The molecule has 0 bridgehead atoms. The second-order valence-corrected chi connectivity index (χ2v) is 17.9. The molecule has 0 aromatic carbocycles. The van der Waals surface area contributed by atoms with Crippen LogP contribution in [0.15, 0.2) is 0 Å². The fourth-order valence-corrected chi connectivity index (χ4v) is 13.7. The van der Waals surface area contributed by atoms with Crippen molar-refractivity contribution in [3.8, 4) is 0 Å². The molecule has 2 rings (SSSR count). The average molecular weight is 268 g/mol. The second kappa shape index (κ2) is 4.10. The van der Waals surface area contributed by atoms with E-state index in [-0.39, 0.29) is 0 Å². The molecule has 0 radical (unpaired) electrons. The molecule has 0 nitrogen and oxygen atoms in total. The van der Waals surface area contributed by atoms with Crippen LogP contribution in [0.2, 0.25) is 0 Å². The fraction of sp³-hybridized carbons (Fsp3) is 1.00. The number of hydrogen-bond donors (Lipinski definition) is 2. The van der Waals surface area contributed by atoms with Gasteiger partial charge in [-0.1, -0.05) is 0 Å². The summed E-state index contributed by atoms with van der Waals surface area (Å²) in [7, 11) is 0. The summed E-state index contributed by atoms with van der Waals surface area (Å²) in [6.07, 6.45) is 8.62. The zero-order valence-corrected chi connectivity index (χ0v) is 12.8. The van der Waals surface area contributed by atoms with E-state index < -0.39 is 12.9 Å². The van der Waals surface area contributed by atoms with E-state index >= 15 is 0 Å². The molecule has 0 aromatic rings. The molecule has 0 saturated carbocycles. The maximum Gasteiger partial charge on any atom is 0.117 e. The number of rotatable bonds is 1. The molecule has 4 heteroatoms. The van der Waals surface area contributed by atoms with Gasteiger partial charge < -0.3 is 0 Å². The third-order valence-corrected chi connectivity index (χ3v) is 13.8. The second-order valence-electron chi connectivity index (χ2n) is 5.29. The molecule has 0 aromatic heterocycles. The van der Waals surface area contributed by atoms with E-state index in [1.807, 2.05) is 0 Å². The summed E-state index contributed by atoms with van der Waals surface area (Å²) in [5.41, 5.74) is 1.92. The Labute approximate surface area is 100.0 Å². The lowest BCUT2D eigenvalue weighted by Crippen LogP contribution is -2.22. The average Bonchev–Trinajstić information content (AvgIpc) is 2.53. The van der Waals surface area contributed by atoms with Crippen LogP contribution in [0.4, 0.5) is 0 Å². The van der Waals surface area contributed by atoms with Crippen molar-refractivity contribution in [2.45, 2.75) is 37.0 Å². The van der Waals surface area contributed by atoms with E-state index in [0.29, 0.717) is 0 Å². The molecule has 2 aliphatic rings. The standard InChI is InChI=1S/C10H22P2S2/c1-11(13)7-3-5-9(11)10-6-4-8-12(10,2)14/h9-10,13-14H,3-8H2,1-2H3/q+2/t9-,10-,11?,12?/m1/s1. The third kappa shape index (κ3) is 2.15. The lowest BCUT2D eigenvalue weighted by molar-refractivity contribution is 0.695. The van der Waals surface area contributed by atoms with Gasteiger partial charge in [0.2, 0.25) is 0 Å². The summed E-state index contributed by atoms with van der Waals surface area (Å²) in [5, 5.41) is 0. The van der Waals surface area contributed by atoms with Crippen LogP contribution in [0.5, 0.6) is 0 Å². The van der Waals surface area contributed by atoms with E-state index in [1.54, 1.807) is 0 Å². The first-order valence-corrected chi connectivity index (χ1v) is 12.9. The monoisotopic (exact) mass is 268 g/mol. The predicted molar refractivity (Wildman–Crippen MR) is 79.4 cm³/mol. The van der Waals surface area contributed by atoms with Crippen molar-refractivity contribution in [3.63, 3.8) is 0 Å². The highest BCUT2D eigenvalue weighted by atomic mass is 32.7. The largest absolute Gasteiger partial charge is 0.117 e. The fourth-order valence-electron chi connectivity index (χ4n) is 3.26. The SMILES string of the molecule is C[P+]1(S)CCC[C@@H]1[C@H]1CCC[P+]1(C)S. The summed E-state index contributed by atoms with van der Waals surface area (Å²) in [6.45, 7) is 3.20. The maximum atomic E-state index is 4.99. The first-order chi connectivity index (χ1) is 6.43. The Morgan fingerprint density at radius 3 is 1.43 bits per heavy atom. The van der Waals surface area contributed by atoms with Gasteiger partial charge in [-0.25, -0.2) is 0 Å². The Morgan fingerprint density at radius 2 is 1.21 bits per heavy atom. The Morgan fingerprint density at radius 1 is 0.857 bits per heavy atom. The van der Waals surface area contributed by atoms with Gasteiger partial charge in [0.05, 0.1) is 38.6 Å². The lowest BCUT2D eigenvalue weighted by Gasteiger charge is -2.27. The van der Waals surface area contributed by atoms with Crippen molar-refractivity contribution in [1.82, 2.24) is 0 Å². The molecule has 0 aliphatic carbocycles. The van der Waals surface area contributed by atoms with Crippen molar-refractivity contribution >= 4 is 37.4 Å². The van der Waals surface area contributed by atoms with Gasteiger partial charge in [0.25, 0.3) is 0 Å². The van der Waals surface area contributed by atoms with Crippen LogP contribution in [-0.4, -0.2) is 37.0 Å². The first-order valence-electron chi connectivity index (χ1n) is 5.59. The quantitative estimate of drug-likeness (QED) is 0.514. The number of hydrogen-bond acceptors (Lipinski definition) is 2. The molecule has 2 aliphatic heterocycles. The Bertz CT molecular complexity index is 204. The zero-order chi connectivity index (χ0) is 10.4. The van der Waals surface area contributed by atoms with Crippen molar-refractivity contribution in [2.75, 3.05) is 25.7 Å². The maximum absolute atomic E-state index is 4.99. The van der Waals surface area contributed by atoms with Crippen LogP contribution in [0.25, 0.3) is 0 Å². The molecule has 14 heavy (non-hydrogen) atoms. The minimum atomic E-state index is -0.859. The van der Waals surface area contributed by atoms with Crippen molar-refractivity contribution < 1.29 is 0 Å². The van der Waals surface area contributed by atoms with Crippen molar-refractivity contribution in [1.29, 1.82) is 0 Å². The lowest BCUT2D eigenvalue weighted by atomic mass is 10.1. The first kappa shape index (κ1) is 12.0. The van der Waals surface area contributed by atoms with Crippen LogP contribution < -0.4 is 0 Å². The summed E-state index contributed by atoms with van der Waals surface area (Å²) in [6, 6.07) is 0. The summed E-state index contributed by atoms with van der Waals surface area (Å²) in [5.74, 6) is 0. The van der Waals surface area contributed by atoms with Crippen molar-refractivity contribution in [3.05, 3.63) is 0 Å². The van der Waals surface area contributed by atoms with Gasteiger partial charge in [0, 0.05) is 24.5 Å². The molecular weight excluding hydrogens is 246 g/mol. The van der Waals surface area contributed by atoms with Gasteiger partial charge in [-0.05, 0) is 25.7 Å². The highest BCUT2D eigenvalue weighted by Crippen LogP contribution is 2.80. The Kier molecular flexibility index (Phi) is 3.52. The van der Waals surface area contributed by atoms with E-state index in [4.69, 9.17) is 24.5 Å². The molecule has 2 saturated heterocycles. The third-order valence-electron chi connectivity index (χ3n) is 4.09. The molecule has 2 unspecified atom stereocenters. The zero-order valence-electron chi connectivity index (χ0n) is 9.19. The molecule has 0 amide bonds. The van der Waals surface area contributed by atoms with E-state index in [1.165, 1.54) is 38.0 Å². The van der Waals surface area contributed by atoms with Crippen LogP contribution >= 0.6 is 37.4 Å². The minimum absolute atomic E-state index is 0.859. The highest BCUT2D eigenvalue weighted by Gasteiger charge is 2.57. The topological polar surface area (TPSA) is 0 Å². The molecule has 4 atom stereocenters. The van der Waals surface area contributed by atoms with E-state index in [9.17, 15) is 0 Å². The number of thiol groups is 2.